The van der Waals surface area contributed by atoms with E-state index in [4.69, 9.17) is 14.2 Å². The summed E-state index contributed by atoms with van der Waals surface area (Å²) in [5, 5.41) is 10.6. The van der Waals surface area contributed by atoms with E-state index in [1.54, 1.807) is 12.1 Å². The van der Waals surface area contributed by atoms with Crippen molar-refractivity contribution in [2.45, 2.75) is 0 Å². The fraction of sp³-hybridized carbons (Fsp3) is 0.250. The van der Waals surface area contributed by atoms with Gasteiger partial charge in [0.1, 0.15) is 17.2 Å². The van der Waals surface area contributed by atoms with Gasteiger partial charge in [-0.1, -0.05) is 0 Å². The van der Waals surface area contributed by atoms with Gasteiger partial charge in [0.05, 0.1) is 45.1 Å². The minimum Gasteiger partial charge on any atom is -0.496 e. The number of benzene rings is 1. The second kappa shape index (κ2) is 8.90. The number of carbonyl (C=O) groups is 2. The maximum absolute atomic E-state index is 11.7. The number of nitrogens with zero attached hydrogens (tertiary/aromatic N) is 2. The minimum absolute atomic E-state index is 0.172. The van der Waals surface area contributed by atoms with E-state index in [2.05, 4.69) is 20.3 Å². The van der Waals surface area contributed by atoms with Gasteiger partial charge in [-0.3, -0.25) is 10.1 Å². The number of hydrogen-bond acceptors (Lipinski definition) is 9. The lowest BCUT2D eigenvalue weighted by molar-refractivity contribution is -0.135. The predicted octanol–water partition coefficient (Wildman–Crippen LogP) is 1.32. The first-order chi connectivity index (χ1) is 12.5. The number of nitrogens with one attached hydrogen (secondary N) is 1. The Morgan fingerprint density at radius 3 is 2.31 bits per heavy atom. The average Bonchev–Trinajstić information content (AvgIpc) is 3.00. The molecule has 0 unspecified atom stereocenters. The van der Waals surface area contributed by atoms with Crippen LogP contribution in [0.25, 0.3) is 0 Å². The zero-order valence-corrected chi connectivity index (χ0v) is 15.4. The third kappa shape index (κ3) is 4.54. The lowest BCUT2D eigenvalue weighted by Crippen LogP contribution is -2.19. The number of esters is 1. The summed E-state index contributed by atoms with van der Waals surface area (Å²) in [5.74, 6) is 0.464. The topological polar surface area (TPSA) is 108 Å². The van der Waals surface area contributed by atoms with E-state index in [1.165, 1.54) is 34.7 Å². The van der Waals surface area contributed by atoms with Crippen molar-refractivity contribution >= 4 is 35.0 Å². The Balaban J connectivity index is 2.23. The smallest absolute Gasteiger partial charge is 0.331 e. The van der Waals surface area contributed by atoms with Crippen molar-refractivity contribution < 1.29 is 28.5 Å². The number of carbonyl (C=O) groups excluding carboxylic acids is 2. The maximum Gasteiger partial charge on any atom is 0.331 e. The van der Waals surface area contributed by atoms with E-state index in [9.17, 15) is 9.59 Å². The summed E-state index contributed by atoms with van der Waals surface area (Å²) in [4.78, 5) is 23.1. The van der Waals surface area contributed by atoms with Gasteiger partial charge in [-0.15, -0.1) is 5.10 Å². The summed E-state index contributed by atoms with van der Waals surface area (Å²) in [6, 6.07) is 3.36. The number of ether oxygens (including phenoxy) is 4. The molecule has 0 radical (unpaired) electrons. The van der Waals surface area contributed by atoms with Gasteiger partial charge in [-0.05, 0) is 11.8 Å². The number of methoxy groups -OCH3 is 4. The number of hydrogen-bond donors (Lipinski definition) is 1. The molecule has 1 heterocycles. The van der Waals surface area contributed by atoms with Crippen molar-refractivity contribution in [2.24, 2.45) is 10.2 Å². The van der Waals surface area contributed by atoms with Crippen LogP contribution >= 0.6 is 11.8 Å². The fourth-order valence-electron chi connectivity index (χ4n) is 1.94. The number of amides is 1. The summed E-state index contributed by atoms with van der Waals surface area (Å²) < 4.78 is 20.3. The molecule has 1 amide bonds. The summed E-state index contributed by atoms with van der Waals surface area (Å²) >= 11 is 0.977. The summed E-state index contributed by atoms with van der Waals surface area (Å²) in [5.41, 5.74) is 0.555. The molecule has 1 aliphatic rings. The van der Waals surface area contributed by atoms with Gasteiger partial charge in [0, 0.05) is 18.2 Å². The Morgan fingerprint density at radius 2 is 1.77 bits per heavy atom. The van der Waals surface area contributed by atoms with Crippen molar-refractivity contribution in [3.63, 3.8) is 0 Å². The van der Waals surface area contributed by atoms with Gasteiger partial charge in [0.15, 0.2) is 5.17 Å². The van der Waals surface area contributed by atoms with Crippen molar-refractivity contribution in [1.29, 1.82) is 0 Å². The van der Waals surface area contributed by atoms with E-state index < -0.39 is 11.9 Å². The summed E-state index contributed by atoms with van der Waals surface area (Å²) in [6.45, 7) is 0. The van der Waals surface area contributed by atoms with E-state index >= 15 is 0 Å². The first-order valence-corrected chi connectivity index (χ1v) is 8.04. The molecule has 0 atom stereocenters. The molecule has 1 fully saturated rings. The monoisotopic (exact) mass is 379 g/mol. The standard InChI is InChI=1S/C16H17N3O6S/c1-22-9-5-11(23-2)10(12(6-9)24-3)8-17-19-16-18-15(21)13(26-16)7-14(20)25-4/h5-8H,1-4H3,(H,18,19,21)/b13-7+,17-8?. The Morgan fingerprint density at radius 1 is 1.12 bits per heavy atom. The molecule has 1 aliphatic heterocycles. The van der Waals surface area contributed by atoms with Crippen LogP contribution in [0.15, 0.2) is 33.3 Å². The van der Waals surface area contributed by atoms with Crippen LogP contribution < -0.4 is 19.5 Å². The summed E-state index contributed by atoms with van der Waals surface area (Å²) in [7, 11) is 5.78. The number of rotatable bonds is 6. The van der Waals surface area contributed by atoms with Crippen LogP contribution in [-0.4, -0.2) is 51.7 Å². The molecule has 138 valence electrons. The molecule has 0 saturated carbocycles. The molecular weight excluding hydrogens is 362 g/mol. The van der Waals surface area contributed by atoms with Crippen LogP contribution in [0.2, 0.25) is 0 Å². The first kappa shape index (κ1) is 19.3. The molecule has 1 aromatic carbocycles. The lowest BCUT2D eigenvalue weighted by Gasteiger charge is -2.11. The fourth-order valence-corrected chi connectivity index (χ4v) is 2.68. The zero-order valence-electron chi connectivity index (χ0n) is 14.6. The molecule has 1 N–H and O–H groups in total. The zero-order chi connectivity index (χ0) is 19.1. The van der Waals surface area contributed by atoms with Crippen molar-refractivity contribution in [2.75, 3.05) is 28.4 Å². The molecule has 10 heteroatoms. The Bertz CT molecular complexity index is 778. The van der Waals surface area contributed by atoms with Gasteiger partial charge >= 0.3 is 5.97 Å². The van der Waals surface area contributed by atoms with Crippen LogP contribution in [0.1, 0.15) is 5.56 Å². The quantitative estimate of drug-likeness (QED) is 0.344. The third-order valence-electron chi connectivity index (χ3n) is 3.19. The Labute approximate surface area is 154 Å². The van der Waals surface area contributed by atoms with Gasteiger partial charge in [0.2, 0.25) is 0 Å². The molecule has 26 heavy (non-hydrogen) atoms. The van der Waals surface area contributed by atoms with Crippen LogP contribution in [-0.2, 0) is 14.3 Å². The van der Waals surface area contributed by atoms with Crippen molar-refractivity contribution in [3.05, 3.63) is 28.7 Å². The second-order valence-electron chi connectivity index (χ2n) is 4.68. The highest BCUT2D eigenvalue weighted by Crippen LogP contribution is 2.32. The highest BCUT2D eigenvalue weighted by atomic mass is 32.2. The van der Waals surface area contributed by atoms with Crippen molar-refractivity contribution in [3.8, 4) is 17.2 Å². The molecule has 0 bridgehead atoms. The van der Waals surface area contributed by atoms with E-state index in [0.29, 0.717) is 22.8 Å². The largest absolute Gasteiger partial charge is 0.496 e. The molecule has 0 aromatic heterocycles. The van der Waals surface area contributed by atoms with Gasteiger partial charge in [-0.2, -0.15) is 5.10 Å². The van der Waals surface area contributed by atoms with E-state index in [-0.39, 0.29) is 10.1 Å². The third-order valence-corrected chi connectivity index (χ3v) is 4.09. The van der Waals surface area contributed by atoms with E-state index in [1.807, 2.05) is 0 Å². The first-order valence-electron chi connectivity index (χ1n) is 7.22. The van der Waals surface area contributed by atoms with Gasteiger partial charge in [0.25, 0.3) is 5.91 Å². The van der Waals surface area contributed by atoms with Crippen LogP contribution in [0.4, 0.5) is 0 Å². The summed E-state index contributed by atoms with van der Waals surface area (Å²) in [6.07, 6.45) is 2.51. The average molecular weight is 379 g/mol. The van der Waals surface area contributed by atoms with Crippen molar-refractivity contribution in [1.82, 2.24) is 5.32 Å². The highest BCUT2D eigenvalue weighted by Gasteiger charge is 2.25. The maximum atomic E-state index is 11.7. The predicted molar refractivity (Wildman–Crippen MR) is 97.0 cm³/mol. The molecule has 1 aromatic rings. The molecule has 0 spiro atoms. The van der Waals surface area contributed by atoms with Crippen LogP contribution in [0.5, 0.6) is 17.2 Å². The molecular formula is C16H17N3O6S. The normalized spacial score (nSPS) is 16.8. The SMILES string of the molecule is COC(=O)/C=C1/S/C(=N\N=Cc2c(OC)cc(OC)cc2OC)NC1=O. The highest BCUT2D eigenvalue weighted by molar-refractivity contribution is 8.18. The molecule has 0 aliphatic carbocycles. The minimum atomic E-state index is -0.625. The lowest BCUT2D eigenvalue weighted by atomic mass is 10.2. The molecule has 9 nitrogen and oxygen atoms in total. The molecule has 2 rings (SSSR count). The van der Waals surface area contributed by atoms with Crippen LogP contribution in [0.3, 0.4) is 0 Å². The molecule has 1 saturated heterocycles. The Hall–Kier alpha value is -3.01. The van der Waals surface area contributed by atoms with Gasteiger partial charge in [-0.25, -0.2) is 4.79 Å². The van der Waals surface area contributed by atoms with E-state index in [0.717, 1.165) is 17.8 Å². The second-order valence-corrected chi connectivity index (χ2v) is 5.71. The van der Waals surface area contributed by atoms with Gasteiger partial charge < -0.3 is 18.9 Å². The Kier molecular flexibility index (Phi) is 6.61. The number of amidine groups is 1. The van der Waals surface area contributed by atoms with Crippen LogP contribution in [0, 0.1) is 0 Å². The number of thioether (sulfide) groups is 1.